The van der Waals surface area contributed by atoms with Gasteiger partial charge in [-0.3, -0.25) is 4.79 Å². The fourth-order valence-electron chi connectivity index (χ4n) is 2.82. The van der Waals surface area contributed by atoms with E-state index in [2.05, 4.69) is 0 Å². The smallest absolute Gasteiger partial charge is 0.409 e. The Kier molecular flexibility index (Phi) is 6.71. The lowest BCUT2D eigenvalue weighted by atomic mass is 9.97. The number of halogens is 1. The van der Waals surface area contributed by atoms with Crippen molar-refractivity contribution in [2.75, 3.05) is 32.6 Å². The standard InChI is InChI=1S/C17H23ClN2O3/c1-19(17(22)23-13-14-6-3-2-4-7-14)11-15-8-5-9-20(12-15)16(21)10-18/h2-4,6-7,15H,5,8-13H2,1H3/t15-/m1/s1. The van der Waals surface area contributed by atoms with E-state index in [4.69, 9.17) is 16.3 Å². The van der Waals surface area contributed by atoms with Crippen LogP contribution in [0.5, 0.6) is 0 Å². The topological polar surface area (TPSA) is 49.9 Å². The highest BCUT2D eigenvalue weighted by Crippen LogP contribution is 2.18. The zero-order chi connectivity index (χ0) is 16.7. The Morgan fingerprint density at radius 3 is 2.78 bits per heavy atom. The monoisotopic (exact) mass is 338 g/mol. The van der Waals surface area contributed by atoms with Gasteiger partial charge < -0.3 is 14.5 Å². The van der Waals surface area contributed by atoms with Crippen molar-refractivity contribution in [3.63, 3.8) is 0 Å². The minimum atomic E-state index is -0.338. The Bertz CT molecular complexity index is 524. The lowest BCUT2D eigenvalue weighted by Gasteiger charge is -2.34. The predicted octanol–water partition coefficient (Wildman–Crippen LogP) is 2.73. The number of rotatable bonds is 5. The Morgan fingerprint density at radius 2 is 2.09 bits per heavy atom. The molecule has 0 unspecified atom stereocenters. The van der Waals surface area contributed by atoms with E-state index >= 15 is 0 Å². The summed E-state index contributed by atoms with van der Waals surface area (Å²) in [4.78, 5) is 27.1. The molecule has 0 radical (unpaired) electrons. The van der Waals surface area contributed by atoms with Crippen LogP contribution in [0.25, 0.3) is 0 Å². The molecule has 0 bridgehead atoms. The first-order chi connectivity index (χ1) is 11.1. The van der Waals surface area contributed by atoms with Gasteiger partial charge in [-0.2, -0.15) is 0 Å². The molecule has 0 aliphatic carbocycles. The zero-order valence-electron chi connectivity index (χ0n) is 13.4. The maximum Gasteiger partial charge on any atom is 0.409 e. The normalized spacial score (nSPS) is 17.7. The van der Waals surface area contributed by atoms with Crippen LogP contribution in [0.1, 0.15) is 18.4 Å². The molecule has 2 rings (SSSR count). The number of carbonyl (C=O) groups is 2. The first kappa shape index (κ1) is 17.6. The molecule has 1 saturated heterocycles. The molecule has 0 N–H and O–H groups in total. The lowest BCUT2D eigenvalue weighted by Crippen LogP contribution is -2.44. The van der Waals surface area contributed by atoms with Crippen molar-refractivity contribution in [3.05, 3.63) is 35.9 Å². The summed E-state index contributed by atoms with van der Waals surface area (Å²) in [5.74, 6) is 0.248. The highest BCUT2D eigenvalue weighted by molar-refractivity contribution is 6.27. The van der Waals surface area contributed by atoms with E-state index in [1.165, 1.54) is 0 Å². The number of nitrogens with zero attached hydrogens (tertiary/aromatic N) is 2. The summed E-state index contributed by atoms with van der Waals surface area (Å²) in [7, 11) is 1.73. The van der Waals surface area contributed by atoms with E-state index < -0.39 is 0 Å². The second kappa shape index (κ2) is 8.77. The average molecular weight is 339 g/mol. The van der Waals surface area contributed by atoms with Crippen molar-refractivity contribution in [1.82, 2.24) is 9.80 Å². The number of hydrogen-bond donors (Lipinski definition) is 0. The van der Waals surface area contributed by atoms with Crippen molar-refractivity contribution >= 4 is 23.6 Å². The van der Waals surface area contributed by atoms with Gasteiger partial charge in [0.15, 0.2) is 0 Å². The lowest BCUT2D eigenvalue weighted by molar-refractivity contribution is -0.130. The fourth-order valence-corrected chi connectivity index (χ4v) is 2.99. The molecule has 1 atom stereocenters. The molecule has 0 saturated carbocycles. The summed E-state index contributed by atoms with van der Waals surface area (Å²) >= 11 is 5.61. The van der Waals surface area contributed by atoms with Crippen LogP contribution in [0.2, 0.25) is 0 Å². The molecule has 1 aliphatic rings. The number of piperidine rings is 1. The molecule has 0 aromatic heterocycles. The Labute approximate surface area is 142 Å². The predicted molar refractivity (Wildman–Crippen MR) is 89.3 cm³/mol. The Balaban J connectivity index is 1.77. The van der Waals surface area contributed by atoms with Gasteiger partial charge in [0.2, 0.25) is 5.91 Å². The number of hydrogen-bond acceptors (Lipinski definition) is 3. The summed E-state index contributed by atoms with van der Waals surface area (Å²) in [5, 5.41) is 0. The first-order valence-corrected chi connectivity index (χ1v) is 8.39. The van der Waals surface area contributed by atoms with Gasteiger partial charge in [-0.15, -0.1) is 11.6 Å². The van der Waals surface area contributed by atoms with Crippen LogP contribution in [-0.4, -0.2) is 54.4 Å². The number of carbonyl (C=O) groups excluding carboxylic acids is 2. The number of likely N-dealkylation sites (tertiary alicyclic amines) is 1. The van der Waals surface area contributed by atoms with Crippen LogP contribution in [0.3, 0.4) is 0 Å². The first-order valence-electron chi connectivity index (χ1n) is 7.85. The molecule has 1 aromatic carbocycles. The van der Waals surface area contributed by atoms with E-state index in [-0.39, 0.29) is 30.4 Å². The van der Waals surface area contributed by atoms with Crippen molar-refractivity contribution in [1.29, 1.82) is 0 Å². The maximum atomic E-state index is 12.1. The molecule has 5 nitrogen and oxygen atoms in total. The van der Waals surface area contributed by atoms with Crippen LogP contribution in [0.15, 0.2) is 30.3 Å². The molecule has 6 heteroatoms. The molecular weight excluding hydrogens is 316 g/mol. The molecule has 1 heterocycles. The quantitative estimate of drug-likeness (QED) is 0.776. The van der Waals surface area contributed by atoms with Gasteiger partial charge in [0.1, 0.15) is 12.5 Å². The van der Waals surface area contributed by atoms with Gasteiger partial charge in [0.25, 0.3) is 0 Å². The van der Waals surface area contributed by atoms with Crippen molar-refractivity contribution in [2.45, 2.75) is 19.4 Å². The van der Waals surface area contributed by atoms with Crippen LogP contribution in [0.4, 0.5) is 4.79 Å². The third-order valence-corrected chi connectivity index (χ3v) is 4.26. The van der Waals surface area contributed by atoms with E-state index in [1.807, 2.05) is 30.3 Å². The third kappa shape index (κ3) is 5.43. The van der Waals surface area contributed by atoms with E-state index in [1.54, 1.807) is 16.8 Å². The van der Waals surface area contributed by atoms with Gasteiger partial charge in [-0.1, -0.05) is 30.3 Å². The highest BCUT2D eigenvalue weighted by Gasteiger charge is 2.25. The van der Waals surface area contributed by atoms with Crippen molar-refractivity contribution < 1.29 is 14.3 Å². The largest absolute Gasteiger partial charge is 0.445 e. The molecule has 2 amide bonds. The van der Waals surface area contributed by atoms with Crippen molar-refractivity contribution in [2.24, 2.45) is 5.92 Å². The number of ether oxygens (including phenoxy) is 1. The van der Waals surface area contributed by atoms with Crippen LogP contribution < -0.4 is 0 Å². The van der Waals surface area contributed by atoms with Gasteiger partial charge >= 0.3 is 6.09 Å². The second-order valence-electron chi connectivity index (χ2n) is 5.90. The van der Waals surface area contributed by atoms with Crippen molar-refractivity contribution in [3.8, 4) is 0 Å². The van der Waals surface area contributed by atoms with Crippen LogP contribution in [-0.2, 0) is 16.1 Å². The minimum absolute atomic E-state index is 0.0156. The molecule has 1 fully saturated rings. The molecule has 126 valence electrons. The van der Waals surface area contributed by atoms with E-state index in [9.17, 15) is 9.59 Å². The van der Waals surface area contributed by atoms with E-state index in [0.29, 0.717) is 13.1 Å². The van der Waals surface area contributed by atoms with Crippen LogP contribution >= 0.6 is 11.6 Å². The molecular formula is C17H23ClN2O3. The molecule has 0 spiro atoms. The SMILES string of the molecule is CN(C[C@H]1CCCN(C(=O)CCl)C1)C(=O)OCc1ccccc1. The van der Waals surface area contributed by atoms with Gasteiger partial charge in [0, 0.05) is 26.7 Å². The summed E-state index contributed by atoms with van der Waals surface area (Å²) in [6.45, 7) is 2.26. The highest BCUT2D eigenvalue weighted by atomic mass is 35.5. The number of amides is 2. The summed E-state index contributed by atoms with van der Waals surface area (Å²) in [6.07, 6.45) is 1.61. The second-order valence-corrected chi connectivity index (χ2v) is 6.17. The van der Waals surface area contributed by atoms with Crippen LogP contribution in [0, 0.1) is 5.92 Å². The molecule has 23 heavy (non-hydrogen) atoms. The zero-order valence-corrected chi connectivity index (χ0v) is 14.2. The van der Waals surface area contributed by atoms with Gasteiger partial charge in [-0.05, 0) is 24.3 Å². The average Bonchev–Trinajstić information content (AvgIpc) is 2.60. The number of alkyl halides is 1. The van der Waals surface area contributed by atoms with E-state index in [0.717, 1.165) is 24.9 Å². The molecule has 1 aromatic rings. The Morgan fingerprint density at radius 1 is 1.35 bits per heavy atom. The minimum Gasteiger partial charge on any atom is -0.445 e. The summed E-state index contributed by atoms with van der Waals surface area (Å²) < 4.78 is 5.31. The van der Waals surface area contributed by atoms with Gasteiger partial charge in [0.05, 0.1) is 0 Å². The number of benzene rings is 1. The summed E-state index contributed by atoms with van der Waals surface area (Å²) in [5.41, 5.74) is 0.964. The molecule has 1 aliphatic heterocycles. The Hall–Kier alpha value is -1.75. The maximum absolute atomic E-state index is 12.1. The third-order valence-electron chi connectivity index (χ3n) is 4.03. The summed E-state index contributed by atoms with van der Waals surface area (Å²) in [6, 6.07) is 9.59. The van der Waals surface area contributed by atoms with Gasteiger partial charge in [-0.25, -0.2) is 4.79 Å². The fraction of sp³-hybridized carbons (Fsp3) is 0.529.